The first-order valence-corrected chi connectivity index (χ1v) is 9.24. The van der Waals surface area contributed by atoms with E-state index in [0.29, 0.717) is 24.1 Å². The Balaban J connectivity index is 1.33. The standard InChI is InChI=1S/C15H24N4O2S/c1-18(10-13-16-15(17-21-13)12-4-5-12)14(20)11-22-9-8-19-6-2-3-7-19/h12H,2-11H2,1H3. The Bertz CT molecular complexity index is 497. The van der Waals surface area contributed by atoms with Crippen LogP contribution in [0, 0.1) is 0 Å². The summed E-state index contributed by atoms with van der Waals surface area (Å²) in [5, 5.41) is 3.98. The number of hydrogen-bond acceptors (Lipinski definition) is 6. The third-order valence-electron chi connectivity index (χ3n) is 4.20. The van der Waals surface area contributed by atoms with Crippen LogP contribution in [0.2, 0.25) is 0 Å². The summed E-state index contributed by atoms with van der Waals surface area (Å²) < 4.78 is 5.21. The van der Waals surface area contributed by atoms with Crippen molar-refractivity contribution in [1.29, 1.82) is 0 Å². The summed E-state index contributed by atoms with van der Waals surface area (Å²) in [5.74, 6) is 3.49. The molecular weight excluding hydrogens is 300 g/mol. The molecule has 1 aromatic rings. The lowest BCUT2D eigenvalue weighted by Crippen LogP contribution is -2.28. The highest BCUT2D eigenvalue weighted by molar-refractivity contribution is 7.99. The lowest BCUT2D eigenvalue weighted by molar-refractivity contribution is -0.127. The van der Waals surface area contributed by atoms with E-state index >= 15 is 0 Å². The normalized spacial score (nSPS) is 18.8. The largest absolute Gasteiger partial charge is 0.337 e. The first kappa shape index (κ1) is 15.8. The van der Waals surface area contributed by atoms with E-state index < -0.39 is 0 Å². The first-order valence-electron chi connectivity index (χ1n) is 8.09. The third-order valence-corrected chi connectivity index (χ3v) is 5.12. The molecule has 0 radical (unpaired) electrons. The molecule has 0 spiro atoms. The molecule has 0 unspecified atom stereocenters. The molecule has 0 aromatic carbocycles. The van der Waals surface area contributed by atoms with Crippen molar-refractivity contribution >= 4 is 17.7 Å². The molecule has 1 saturated carbocycles. The van der Waals surface area contributed by atoms with Crippen molar-refractivity contribution < 1.29 is 9.32 Å². The Morgan fingerprint density at radius 2 is 2.18 bits per heavy atom. The zero-order valence-corrected chi connectivity index (χ0v) is 14.0. The van der Waals surface area contributed by atoms with Gasteiger partial charge in [-0.05, 0) is 38.8 Å². The number of amides is 1. The number of carbonyl (C=O) groups excluding carboxylic acids is 1. The number of nitrogens with zero attached hydrogens (tertiary/aromatic N) is 4. The third kappa shape index (κ3) is 4.46. The van der Waals surface area contributed by atoms with Gasteiger partial charge in [0.1, 0.15) is 0 Å². The van der Waals surface area contributed by atoms with Crippen molar-refractivity contribution in [2.45, 2.75) is 38.1 Å². The van der Waals surface area contributed by atoms with Crippen LogP contribution in [0.25, 0.3) is 0 Å². The van der Waals surface area contributed by atoms with E-state index in [0.717, 1.165) is 31.0 Å². The van der Waals surface area contributed by atoms with Crippen molar-refractivity contribution in [3.63, 3.8) is 0 Å². The number of rotatable bonds is 8. The second-order valence-corrected chi connectivity index (χ2v) is 7.28. The number of hydrogen-bond donors (Lipinski definition) is 0. The molecule has 3 rings (SSSR count). The number of aromatic nitrogens is 2. The number of carbonyl (C=O) groups is 1. The van der Waals surface area contributed by atoms with Gasteiger partial charge in [-0.2, -0.15) is 16.7 Å². The fourth-order valence-electron chi connectivity index (χ4n) is 2.60. The van der Waals surface area contributed by atoms with E-state index in [1.54, 1.807) is 23.7 Å². The van der Waals surface area contributed by atoms with Gasteiger partial charge in [-0.15, -0.1) is 0 Å². The molecule has 122 valence electrons. The van der Waals surface area contributed by atoms with Crippen LogP contribution in [0.3, 0.4) is 0 Å². The summed E-state index contributed by atoms with van der Waals surface area (Å²) in [5.41, 5.74) is 0. The Labute approximate surface area is 135 Å². The Morgan fingerprint density at radius 1 is 1.41 bits per heavy atom. The second kappa shape index (κ2) is 7.46. The van der Waals surface area contributed by atoms with Crippen LogP contribution >= 0.6 is 11.8 Å². The predicted molar refractivity (Wildman–Crippen MR) is 85.7 cm³/mol. The predicted octanol–water partition coefficient (Wildman–Crippen LogP) is 1.73. The van der Waals surface area contributed by atoms with Crippen LogP contribution in [0.15, 0.2) is 4.52 Å². The van der Waals surface area contributed by atoms with Crippen molar-refractivity contribution in [2.75, 3.05) is 38.2 Å². The molecule has 22 heavy (non-hydrogen) atoms. The van der Waals surface area contributed by atoms with Gasteiger partial charge < -0.3 is 14.3 Å². The van der Waals surface area contributed by atoms with Crippen LogP contribution < -0.4 is 0 Å². The van der Waals surface area contributed by atoms with Crippen molar-refractivity contribution in [3.05, 3.63) is 11.7 Å². The molecule has 1 aliphatic heterocycles. The van der Waals surface area contributed by atoms with Gasteiger partial charge in [-0.1, -0.05) is 5.16 Å². The molecule has 2 heterocycles. The molecule has 2 aliphatic rings. The average molecular weight is 324 g/mol. The van der Waals surface area contributed by atoms with Crippen LogP contribution in [-0.2, 0) is 11.3 Å². The molecule has 0 N–H and O–H groups in total. The van der Waals surface area contributed by atoms with Gasteiger partial charge in [0.2, 0.25) is 11.8 Å². The topological polar surface area (TPSA) is 62.5 Å². The van der Waals surface area contributed by atoms with E-state index in [-0.39, 0.29) is 5.91 Å². The highest BCUT2D eigenvalue weighted by Gasteiger charge is 2.29. The fraction of sp³-hybridized carbons (Fsp3) is 0.800. The van der Waals surface area contributed by atoms with Crippen molar-refractivity contribution in [3.8, 4) is 0 Å². The lowest BCUT2D eigenvalue weighted by atomic mass is 10.4. The molecule has 1 aromatic heterocycles. The van der Waals surface area contributed by atoms with Gasteiger partial charge in [0.05, 0.1) is 12.3 Å². The quantitative estimate of drug-likeness (QED) is 0.679. The highest BCUT2D eigenvalue weighted by Crippen LogP contribution is 2.38. The molecule has 6 nitrogen and oxygen atoms in total. The maximum Gasteiger partial charge on any atom is 0.246 e. The van der Waals surface area contributed by atoms with Gasteiger partial charge in [0.15, 0.2) is 5.82 Å². The lowest BCUT2D eigenvalue weighted by Gasteiger charge is -2.16. The Hall–Kier alpha value is -1.08. The zero-order chi connectivity index (χ0) is 15.4. The maximum absolute atomic E-state index is 12.1. The molecule has 0 atom stereocenters. The van der Waals surface area contributed by atoms with Gasteiger partial charge in [0, 0.05) is 25.3 Å². The minimum atomic E-state index is 0.123. The number of likely N-dealkylation sites (tertiary alicyclic amines) is 1. The minimum absolute atomic E-state index is 0.123. The van der Waals surface area contributed by atoms with E-state index in [4.69, 9.17) is 4.52 Å². The summed E-state index contributed by atoms with van der Waals surface area (Å²) in [4.78, 5) is 20.6. The van der Waals surface area contributed by atoms with Crippen molar-refractivity contribution in [1.82, 2.24) is 19.9 Å². The van der Waals surface area contributed by atoms with Gasteiger partial charge in [-0.3, -0.25) is 4.79 Å². The average Bonchev–Trinajstić information content (AvgIpc) is 3.04. The molecular formula is C15H24N4O2S. The molecule has 0 bridgehead atoms. The summed E-state index contributed by atoms with van der Waals surface area (Å²) in [6.45, 7) is 3.94. The molecule has 7 heteroatoms. The Morgan fingerprint density at radius 3 is 2.91 bits per heavy atom. The van der Waals surface area contributed by atoms with Gasteiger partial charge >= 0.3 is 0 Å². The van der Waals surface area contributed by atoms with Crippen molar-refractivity contribution in [2.24, 2.45) is 0 Å². The highest BCUT2D eigenvalue weighted by atomic mass is 32.2. The van der Waals surface area contributed by atoms with E-state index in [1.165, 1.54) is 25.9 Å². The molecule has 2 fully saturated rings. The summed E-state index contributed by atoms with van der Waals surface area (Å²) in [6.07, 6.45) is 4.95. The smallest absolute Gasteiger partial charge is 0.246 e. The van der Waals surface area contributed by atoms with Crippen LogP contribution in [0.4, 0.5) is 0 Å². The van der Waals surface area contributed by atoms with Crippen LogP contribution in [0.1, 0.15) is 43.3 Å². The van der Waals surface area contributed by atoms with E-state index in [1.807, 2.05) is 0 Å². The monoisotopic (exact) mass is 324 g/mol. The summed E-state index contributed by atoms with van der Waals surface area (Å²) in [7, 11) is 1.80. The fourth-order valence-corrected chi connectivity index (χ4v) is 3.53. The SMILES string of the molecule is CN(Cc1nc(C2CC2)no1)C(=O)CSCCN1CCCC1. The van der Waals surface area contributed by atoms with Crippen LogP contribution in [0.5, 0.6) is 0 Å². The summed E-state index contributed by atoms with van der Waals surface area (Å²) >= 11 is 1.71. The minimum Gasteiger partial charge on any atom is -0.337 e. The van der Waals surface area contributed by atoms with E-state index in [2.05, 4.69) is 15.0 Å². The molecule has 1 amide bonds. The Kier molecular flexibility index (Phi) is 5.36. The number of thioether (sulfide) groups is 1. The van der Waals surface area contributed by atoms with E-state index in [9.17, 15) is 4.79 Å². The maximum atomic E-state index is 12.1. The van der Waals surface area contributed by atoms with Gasteiger partial charge in [-0.25, -0.2) is 0 Å². The first-order chi connectivity index (χ1) is 10.7. The van der Waals surface area contributed by atoms with Crippen LogP contribution in [-0.4, -0.2) is 64.0 Å². The zero-order valence-electron chi connectivity index (χ0n) is 13.2. The van der Waals surface area contributed by atoms with Gasteiger partial charge in [0.25, 0.3) is 0 Å². The second-order valence-electron chi connectivity index (χ2n) is 6.17. The summed E-state index contributed by atoms with van der Waals surface area (Å²) in [6, 6.07) is 0. The molecule has 1 aliphatic carbocycles. The molecule has 1 saturated heterocycles.